The van der Waals surface area contributed by atoms with Crippen LogP contribution in [-0.4, -0.2) is 27.5 Å². The minimum Gasteiger partial charge on any atom is -0.486 e. The zero-order valence-corrected chi connectivity index (χ0v) is 17.2. The predicted octanol–water partition coefficient (Wildman–Crippen LogP) is 4.16. The van der Waals surface area contributed by atoms with Crippen LogP contribution in [0.1, 0.15) is 10.4 Å². The highest BCUT2D eigenvalue weighted by Crippen LogP contribution is 2.32. The molecule has 0 radical (unpaired) electrons. The molecule has 3 aromatic rings. The molecule has 0 atom stereocenters. The van der Waals surface area contributed by atoms with Gasteiger partial charge in [-0.2, -0.15) is 0 Å². The third-order valence-corrected chi connectivity index (χ3v) is 5.95. The Bertz CT molecular complexity index is 1200. The highest BCUT2D eigenvalue weighted by Gasteiger charge is 2.16. The molecule has 3 aromatic carbocycles. The van der Waals surface area contributed by atoms with Gasteiger partial charge in [-0.15, -0.1) is 0 Å². The van der Waals surface area contributed by atoms with Crippen molar-refractivity contribution in [3.63, 3.8) is 0 Å². The smallest absolute Gasteiger partial charge is 0.261 e. The number of ether oxygens (including phenoxy) is 2. The van der Waals surface area contributed by atoms with Gasteiger partial charge in [0.2, 0.25) is 0 Å². The predicted molar refractivity (Wildman–Crippen MR) is 114 cm³/mol. The molecule has 0 saturated heterocycles. The van der Waals surface area contributed by atoms with Crippen molar-refractivity contribution in [3.05, 3.63) is 77.3 Å². The molecule has 1 heterocycles. The molecule has 1 aliphatic heterocycles. The molecule has 0 unspecified atom stereocenters. The summed E-state index contributed by atoms with van der Waals surface area (Å²) in [5.41, 5.74) is 1.09. The molecule has 30 heavy (non-hydrogen) atoms. The van der Waals surface area contributed by atoms with Gasteiger partial charge in [-0.25, -0.2) is 8.42 Å². The fourth-order valence-corrected chi connectivity index (χ4v) is 4.05. The third kappa shape index (κ3) is 4.50. The summed E-state index contributed by atoms with van der Waals surface area (Å²) in [6.07, 6.45) is 0. The third-order valence-electron chi connectivity index (χ3n) is 4.30. The Kier molecular flexibility index (Phi) is 5.52. The number of fused-ring (bicyclic) bond motifs is 1. The number of rotatable bonds is 5. The van der Waals surface area contributed by atoms with Crippen LogP contribution >= 0.6 is 11.6 Å². The van der Waals surface area contributed by atoms with Gasteiger partial charge in [0.25, 0.3) is 15.9 Å². The van der Waals surface area contributed by atoms with Gasteiger partial charge in [0.1, 0.15) is 13.2 Å². The first-order valence-electron chi connectivity index (χ1n) is 9.00. The molecule has 0 aliphatic carbocycles. The lowest BCUT2D eigenvalue weighted by Gasteiger charge is -2.19. The van der Waals surface area contributed by atoms with E-state index in [2.05, 4.69) is 10.0 Å². The van der Waals surface area contributed by atoms with Gasteiger partial charge in [-0.05, 0) is 54.6 Å². The number of nitrogens with one attached hydrogen (secondary N) is 2. The number of hydrogen-bond acceptors (Lipinski definition) is 5. The van der Waals surface area contributed by atoms with Crippen molar-refractivity contribution < 1.29 is 22.7 Å². The second-order valence-corrected chi connectivity index (χ2v) is 8.57. The van der Waals surface area contributed by atoms with Crippen LogP contribution in [0.3, 0.4) is 0 Å². The maximum absolute atomic E-state index is 12.6. The van der Waals surface area contributed by atoms with E-state index in [1.54, 1.807) is 36.4 Å². The maximum atomic E-state index is 12.6. The van der Waals surface area contributed by atoms with Crippen LogP contribution in [0.15, 0.2) is 71.6 Å². The monoisotopic (exact) mass is 444 g/mol. The summed E-state index contributed by atoms with van der Waals surface area (Å²) in [6, 6.07) is 17.1. The topological polar surface area (TPSA) is 93.7 Å². The second-order valence-electron chi connectivity index (χ2n) is 6.45. The zero-order chi connectivity index (χ0) is 21.1. The van der Waals surface area contributed by atoms with E-state index in [1.165, 1.54) is 30.3 Å². The number of carbonyl (C=O) groups is 1. The van der Waals surface area contributed by atoms with Crippen LogP contribution in [0.5, 0.6) is 11.5 Å². The number of benzene rings is 3. The van der Waals surface area contributed by atoms with Gasteiger partial charge < -0.3 is 14.8 Å². The number of sulfonamides is 1. The van der Waals surface area contributed by atoms with Gasteiger partial charge >= 0.3 is 0 Å². The number of carbonyl (C=O) groups excluding carboxylic acids is 1. The summed E-state index contributed by atoms with van der Waals surface area (Å²) in [5.74, 6) is 0.792. The SMILES string of the molecule is O=C(Nc1ccc2c(c1)OCCO2)c1cccc(NS(=O)(=O)c2ccc(Cl)cc2)c1. The molecule has 2 N–H and O–H groups in total. The fourth-order valence-electron chi connectivity index (χ4n) is 2.88. The minimum atomic E-state index is -3.81. The molecule has 4 rings (SSSR count). The summed E-state index contributed by atoms with van der Waals surface area (Å²) >= 11 is 5.81. The molecular formula is C21H17ClN2O5S. The first kappa shape index (κ1) is 20.1. The Morgan fingerprint density at radius 2 is 1.60 bits per heavy atom. The van der Waals surface area contributed by atoms with Crippen molar-refractivity contribution in [2.45, 2.75) is 4.90 Å². The van der Waals surface area contributed by atoms with Crippen LogP contribution in [0.4, 0.5) is 11.4 Å². The van der Waals surface area contributed by atoms with E-state index >= 15 is 0 Å². The lowest BCUT2D eigenvalue weighted by molar-refractivity contribution is 0.102. The quantitative estimate of drug-likeness (QED) is 0.616. The summed E-state index contributed by atoms with van der Waals surface area (Å²) in [6.45, 7) is 0.928. The zero-order valence-electron chi connectivity index (χ0n) is 15.6. The molecule has 0 bridgehead atoms. The Morgan fingerprint density at radius 3 is 2.37 bits per heavy atom. The lowest BCUT2D eigenvalue weighted by Crippen LogP contribution is -2.17. The fraction of sp³-hybridized carbons (Fsp3) is 0.0952. The van der Waals surface area contributed by atoms with E-state index in [-0.39, 0.29) is 16.5 Å². The number of amides is 1. The van der Waals surface area contributed by atoms with Gasteiger partial charge in [-0.1, -0.05) is 17.7 Å². The van der Waals surface area contributed by atoms with Crippen molar-refractivity contribution in [1.29, 1.82) is 0 Å². The van der Waals surface area contributed by atoms with E-state index in [0.29, 0.717) is 41.0 Å². The molecular weight excluding hydrogens is 428 g/mol. The van der Waals surface area contributed by atoms with E-state index in [0.717, 1.165) is 0 Å². The van der Waals surface area contributed by atoms with Crippen LogP contribution < -0.4 is 19.5 Å². The highest BCUT2D eigenvalue weighted by atomic mass is 35.5. The van der Waals surface area contributed by atoms with Gasteiger partial charge in [0, 0.05) is 28.0 Å². The largest absolute Gasteiger partial charge is 0.486 e. The summed E-state index contributed by atoms with van der Waals surface area (Å²) in [4.78, 5) is 12.7. The van der Waals surface area contributed by atoms with Crippen molar-refractivity contribution in [1.82, 2.24) is 0 Å². The second kappa shape index (κ2) is 8.25. The molecule has 0 spiro atoms. The molecule has 0 aromatic heterocycles. The molecule has 9 heteroatoms. The molecule has 1 aliphatic rings. The number of anilines is 2. The van der Waals surface area contributed by atoms with Gasteiger partial charge in [-0.3, -0.25) is 9.52 Å². The van der Waals surface area contributed by atoms with Crippen LogP contribution in [0.25, 0.3) is 0 Å². The van der Waals surface area contributed by atoms with Crippen molar-refractivity contribution in [2.75, 3.05) is 23.3 Å². The normalized spacial score (nSPS) is 12.8. The highest BCUT2D eigenvalue weighted by molar-refractivity contribution is 7.92. The Balaban J connectivity index is 1.50. The average molecular weight is 445 g/mol. The minimum absolute atomic E-state index is 0.0676. The van der Waals surface area contributed by atoms with Gasteiger partial charge in [0.15, 0.2) is 11.5 Å². The molecule has 1 amide bonds. The van der Waals surface area contributed by atoms with Crippen molar-refractivity contribution >= 4 is 38.9 Å². The Morgan fingerprint density at radius 1 is 0.867 bits per heavy atom. The van der Waals surface area contributed by atoms with Crippen molar-refractivity contribution in [3.8, 4) is 11.5 Å². The van der Waals surface area contributed by atoms with E-state index < -0.39 is 10.0 Å². The lowest BCUT2D eigenvalue weighted by atomic mass is 10.2. The van der Waals surface area contributed by atoms with E-state index in [4.69, 9.17) is 21.1 Å². The van der Waals surface area contributed by atoms with E-state index in [9.17, 15) is 13.2 Å². The van der Waals surface area contributed by atoms with Gasteiger partial charge in [0.05, 0.1) is 4.90 Å². The summed E-state index contributed by atoms with van der Waals surface area (Å²) in [7, 11) is -3.81. The molecule has 0 fully saturated rings. The first-order valence-corrected chi connectivity index (χ1v) is 10.9. The molecule has 7 nitrogen and oxygen atoms in total. The summed E-state index contributed by atoms with van der Waals surface area (Å²) in [5, 5.41) is 3.21. The Hall–Kier alpha value is -3.23. The van der Waals surface area contributed by atoms with Crippen LogP contribution in [-0.2, 0) is 10.0 Å². The molecule has 0 saturated carbocycles. The number of hydrogen-bond donors (Lipinski definition) is 2. The van der Waals surface area contributed by atoms with Crippen molar-refractivity contribution in [2.24, 2.45) is 0 Å². The van der Waals surface area contributed by atoms with Crippen LogP contribution in [0.2, 0.25) is 5.02 Å². The molecule has 154 valence electrons. The average Bonchev–Trinajstić information content (AvgIpc) is 2.74. The van der Waals surface area contributed by atoms with E-state index in [1.807, 2.05) is 0 Å². The summed E-state index contributed by atoms with van der Waals surface area (Å²) < 4.78 is 38.5. The standard InChI is InChI=1S/C21H17ClN2O5S/c22-15-4-7-18(8-5-15)30(26,27)24-17-3-1-2-14(12-17)21(25)23-16-6-9-19-20(13-16)29-11-10-28-19/h1-9,12-13,24H,10-11H2,(H,23,25). The maximum Gasteiger partial charge on any atom is 0.261 e. The number of halogens is 1. The Labute approximate surface area is 178 Å². The van der Waals surface area contributed by atoms with Crippen LogP contribution in [0, 0.1) is 0 Å². The first-order chi connectivity index (χ1) is 14.4.